The van der Waals surface area contributed by atoms with E-state index in [1.165, 1.54) is 6.07 Å². The number of hydrogen-bond acceptors (Lipinski definition) is 5. The topological polar surface area (TPSA) is 74.2 Å². The first kappa shape index (κ1) is 27.2. The number of alkyl halides is 3. The molecule has 0 saturated carbocycles. The fraction of sp³-hybridized carbons (Fsp3) is 0.409. The molecule has 3 atom stereocenters. The number of carboxylic acids is 1. The van der Waals surface area contributed by atoms with Crippen molar-refractivity contribution in [2.24, 2.45) is 0 Å². The molecule has 0 fully saturated rings. The van der Waals surface area contributed by atoms with Crippen molar-refractivity contribution in [2.75, 3.05) is 6.61 Å². The lowest BCUT2D eigenvalue weighted by Gasteiger charge is -2.24. The van der Waals surface area contributed by atoms with Crippen LogP contribution in [0.3, 0.4) is 0 Å². The van der Waals surface area contributed by atoms with Gasteiger partial charge >= 0.3 is 12.1 Å². The van der Waals surface area contributed by atoms with Gasteiger partial charge in [-0.15, -0.1) is 0 Å². The number of rotatable bonds is 10. The molecule has 6 nitrogen and oxygen atoms in total. The van der Waals surface area contributed by atoms with Gasteiger partial charge in [-0.3, -0.25) is 0 Å². The quantitative estimate of drug-likeness (QED) is 0.337. The van der Waals surface area contributed by atoms with E-state index in [0.29, 0.717) is 6.61 Å². The minimum absolute atomic E-state index is 0.000152. The molecule has 2 rings (SSSR count). The molecular formula is C22H23Cl2F3O6. The van der Waals surface area contributed by atoms with Gasteiger partial charge in [0.1, 0.15) is 11.5 Å². The molecule has 0 aliphatic carbocycles. The van der Waals surface area contributed by atoms with Gasteiger partial charge < -0.3 is 24.1 Å². The van der Waals surface area contributed by atoms with Gasteiger partial charge in [0.05, 0.1) is 27.3 Å². The lowest BCUT2D eigenvalue weighted by atomic mass is 10.1. The number of carbonyl (C=O) groups is 1. The zero-order valence-electron chi connectivity index (χ0n) is 18.2. The first-order valence-electron chi connectivity index (χ1n) is 9.87. The van der Waals surface area contributed by atoms with E-state index in [1.54, 1.807) is 20.8 Å². The standard InChI is InChI=1S/C22H23Cl2F3O6/c1-5-30-12(3)32-13(4)31-11(2)16-9-15(10-17(20(16)24)21(28)29)33-19-7-6-14(8-18(19)23)22(25,26)27/h6-13H,5H2,1-4H3,(H,28,29). The van der Waals surface area contributed by atoms with E-state index >= 15 is 0 Å². The van der Waals surface area contributed by atoms with Crippen molar-refractivity contribution in [1.82, 2.24) is 0 Å². The number of carboxylic acid groups (broad SMARTS) is 1. The fourth-order valence-corrected chi connectivity index (χ4v) is 3.52. The average molecular weight is 511 g/mol. The average Bonchev–Trinajstić information content (AvgIpc) is 2.69. The van der Waals surface area contributed by atoms with E-state index in [9.17, 15) is 23.1 Å². The zero-order chi connectivity index (χ0) is 24.9. The maximum absolute atomic E-state index is 12.9. The first-order valence-corrected chi connectivity index (χ1v) is 10.6. The minimum atomic E-state index is -4.57. The molecule has 2 aromatic rings. The Hall–Kier alpha value is -2.04. The molecule has 1 N–H and O–H groups in total. The Morgan fingerprint density at radius 1 is 1.06 bits per heavy atom. The van der Waals surface area contributed by atoms with Crippen molar-refractivity contribution in [2.45, 2.75) is 52.6 Å². The van der Waals surface area contributed by atoms with Gasteiger partial charge in [-0.2, -0.15) is 13.2 Å². The maximum atomic E-state index is 12.9. The lowest BCUT2D eigenvalue weighted by Crippen LogP contribution is -2.23. The van der Waals surface area contributed by atoms with E-state index in [-0.39, 0.29) is 32.7 Å². The number of aromatic carboxylic acids is 1. The summed E-state index contributed by atoms with van der Waals surface area (Å²) in [6, 6.07) is 5.14. The maximum Gasteiger partial charge on any atom is 0.416 e. The number of benzene rings is 2. The number of ether oxygens (including phenoxy) is 4. The molecule has 33 heavy (non-hydrogen) atoms. The summed E-state index contributed by atoms with van der Waals surface area (Å²) in [5.74, 6) is -1.42. The predicted molar refractivity (Wildman–Crippen MR) is 116 cm³/mol. The molecule has 0 aromatic heterocycles. The molecule has 0 radical (unpaired) electrons. The molecule has 0 spiro atoms. The van der Waals surface area contributed by atoms with Crippen LogP contribution in [0, 0.1) is 0 Å². The van der Waals surface area contributed by atoms with Gasteiger partial charge in [-0.1, -0.05) is 23.2 Å². The Labute approximate surface area is 199 Å². The summed E-state index contributed by atoms with van der Waals surface area (Å²) in [5.41, 5.74) is -0.951. The van der Waals surface area contributed by atoms with Crippen LogP contribution in [0.4, 0.5) is 13.2 Å². The van der Waals surface area contributed by atoms with Crippen molar-refractivity contribution in [3.8, 4) is 11.5 Å². The van der Waals surface area contributed by atoms with Crippen LogP contribution in [0.5, 0.6) is 11.5 Å². The molecule has 0 amide bonds. The molecular weight excluding hydrogens is 488 g/mol. The second-order valence-corrected chi connectivity index (χ2v) is 7.71. The van der Waals surface area contributed by atoms with Crippen molar-refractivity contribution in [3.63, 3.8) is 0 Å². The Bertz CT molecular complexity index is 983. The lowest BCUT2D eigenvalue weighted by molar-refractivity contribution is -0.242. The molecule has 3 unspecified atom stereocenters. The van der Waals surface area contributed by atoms with Gasteiger partial charge in [0.25, 0.3) is 0 Å². The number of hydrogen-bond donors (Lipinski definition) is 1. The normalized spacial score (nSPS) is 14.6. The van der Waals surface area contributed by atoms with E-state index in [0.717, 1.165) is 24.3 Å². The number of halogens is 5. The third kappa shape index (κ3) is 7.48. The van der Waals surface area contributed by atoms with E-state index in [2.05, 4.69) is 0 Å². The van der Waals surface area contributed by atoms with Crippen LogP contribution < -0.4 is 4.74 Å². The molecule has 0 aliphatic heterocycles. The summed E-state index contributed by atoms with van der Waals surface area (Å²) < 4.78 is 60.8. The summed E-state index contributed by atoms with van der Waals surface area (Å²) in [4.78, 5) is 11.7. The van der Waals surface area contributed by atoms with Crippen LogP contribution in [0.2, 0.25) is 10.0 Å². The van der Waals surface area contributed by atoms with Gasteiger partial charge in [-0.25, -0.2) is 4.79 Å². The highest BCUT2D eigenvalue weighted by Gasteiger charge is 2.31. The van der Waals surface area contributed by atoms with Gasteiger partial charge in [0.2, 0.25) is 0 Å². The Morgan fingerprint density at radius 3 is 2.27 bits per heavy atom. The fourth-order valence-electron chi connectivity index (χ4n) is 2.95. The molecule has 0 bridgehead atoms. The summed E-state index contributed by atoms with van der Waals surface area (Å²) in [5, 5.41) is 9.16. The highest BCUT2D eigenvalue weighted by Crippen LogP contribution is 2.39. The monoisotopic (exact) mass is 510 g/mol. The molecule has 0 aliphatic rings. The third-order valence-electron chi connectivity index (χ3n) is 4.41. The molecule has 0 saturated heterocycles. The van der Waals surface area contributed by atoms with Gasteiger partial charge in [0.15, 0.2) is 12.6 Å². The van der Waals surface area contributed by atoms with Crippen LogP contribution in [0.25, 0.3) is 0 Å². The van der Waals surface area contributed by atoms with Gasteiger partial charge in [-0.05, 0) is 58.0 Å². The van der Waals surface area contributed by atoms with E-state index in [4.69, 9.17) is 42.1 Å². The van der Waals surface area contributed by atoms with Crippen LogP contribution in [0.1, 0.15) is 55.3 Å². The van der Waals surface area contributed by atoms with Crippen LogP contribution in [-0.4, -0.2) is 30.3 Å². The van der Waals surface area contributed by atoms with Crippen molar-refractivity contribution in [3.05, 3.63) is 57.1 Å². The Kier molecular flexibility index (Phi) is 9.39. The summed E-state index contributed by atoms with van der Waals surface area (Å²) in [6.45, 7) is 7.23. The minimum Gasteiger partial charge on any atom is -0.478 e. The Morgan fingerprint density at radius 2 is 1.73 bits per heavy atom. The third-order valence-corrected chi connectivity index (χ3v) is 5.13. The van der Waals surface area contributed by atoms with Crippen LogP contribution >= 0.6 is 23.2 Å². The predicted octanol–water partition coefficient (Wildman–Crippen LogP) is 7.33. The second-order valence-electron chi connectivity index (χ2n) is 6.93. The van der Waals surface area contributed by atoms with E-state index in [1.807, 2.05) is 6.92 Å². The Balaban J connectivity index is 2.33. The SMILES string of the molecule is CCOC(C)OC(C)OC(C)c1cc(Oc2ccc(C(F)(F)F)cc2Cl)cc(C(=O)O)c1Cl. The highest BCUT2D eigenvalue weighted by atomic mass is 35.5. The molecule has 182 valence electrons. The summed E-state index contributed by atoms with van der Waals surface area (Å²) in [6.07, 6.45) is -6.55. The highest BCUT2D eigenvalue weighted by molar-refractivity contribution is 6.34. The van der Waals surface area contributed by atoms with Gasteiger partial charge in [0, 0.05) is 12.2 Å². The summed E-state index contributed by atoms with van der Waals surface area (Å²) >= 11 is 12.2. The van der Waals surface area contributed by atoms with Crippen LogP contribution in [0.15, 0.2) is 30.3 Å². The smallest absolute Gasteiger partial charge is 0.416 e. The second kappa shape index (κ2) is 11.4. The first-order chi connectivity index (χ1) is 15.3. The summed E-state index contributed by atoms with van der Waals surface area (Å²) in [7, 11) is 0. The van der Waals surface area contributed by atoms with Crippen molar-refractivity contribution in [1.29, 1.82) is 0 Å². The molecule has 2 aromatic carbocycles. The molecule has 0 heterocycles. The zero-order valence-corrected chi connectivity index (χ0v) is 19.7. The molecule has 11 heteroatoms. The van der Waals surface area contributed by atoms with Crippen LogP contribution in [-0.2, 0) is 20.4 Å². The van der Waals surface area contributed by atoms with Crippen molar-refractivity contribution >= 4 is 29.2 Å². The van der Waals surface area contributed by atoms with Crippen molar-refractivity contribution < 1.29 is 42.0 Å². The van der Waals surface area contributed by atoms with E-state index < -0.39 is 36.4 Å². The largest absolute Gasteiger partial charge is 0.478 e.